The van der Waals surface area contributed by atoms with Crippen LogP contribution in [0.4, 0.5) is 0 Å². The predicted octanol–water partition coefficient (Wildman–Crippen LogP) is -1.12. The second-order valence-electron chi connectivity index (χ2n) is 3.40. The first-order valence-corrected chi connectivity index (χ1v) is 4.59. The fourth-order valence-corrected chi connectivity index (χ4v) is 1.36. The van der Waals surface area contributed by atoms with Crippen LogP contribution in [0.3, 0.4) is 0 Å². The molecule has 0 aromatic heterocycles. The zero-order valence-electron chi connectivity index (χ0n) is 7.90. The second-order valence-corrected chi connectivity index (χ2v) is 3.40. The average molecular weight is 197 g/mol. The topological polar surface area (TPSA) is 98.2 Å². The molecule has 1 aliphatic rings. The molecular formula is C9H15N3O2. The van der Waals surface area contributed by atoms with E-state index < -0.39 is 5.91 Å². The molecule has 5 nitrogen and oxygen atoms in total. The molecule has 0 fully saturated rings. The molecule has 0 heterocycles. The van der Waals surface area contributed by atoms with Crippen molar-refractivity contribution in [3.8, 4) is 0 Å². The van der Waals surface area contributed by atoms with Gasteiger partial charge in [-0.05, 0) is 6.42 Å². The molecule has 14 heavy (non-hydrogen) atoms. The first-order valence-electron chi connectivity index (χ1n) is 4.59. The lowest BCUT2D eigenvalue weighted by molar-refractivity contribution is -0.123. The van der Waals surface area contributed by atoms with E-state index >= 15 is 0 Å². The van der Waals surface area contributed by atoms with E-state index in [4.69, 9.17) is 11.5 Å². The SMILES string of the molecule is NC(=O)CCNC(=O)C1C=CC(N)C1. The van der Waals surface area contributed by atoms with E-state index in [2.05, 4.69) is 5.32 Å². The lowest BCUT2D eigenvalue weighted by Crippen LogP contribution is -2.33. The first-order chi connectivity index (χ1) is 6.59. The van der Waals surface area contributed by atoms with Gasteiger partial charge in [-0.1, -0.05) is 12.2 Å². The molecule has 0 bridgehead atoms. The van der Waals surface area contributed by atoms with Gasteiger partial charge in [-0.15, -0.1) is 0 Å². The summed E-state index contributed by atoms with van der Waals surface area (Å²) in [5, 5.41) is 2.63. The molecule has 0 saturated carbocycles. The lowest BCUT2D eigenvalue weighted by atomic mass is 10.1. The average Bonchev–Trinajstić information content (AvgIpc) is 2.51. The highest BCUT2D eigenvalue weighted by atomic mass is 16.2. The molecule has 0 radical (unpaired) electrons. The standard InChI is InChI=1S/C9H15N3O2/c10-7-2-1-6(5-7)9(14)12-4-3-8(11)13/h1-2,6-7H,3-5,10H2,(H2,11,13)(H,12,14). The number of nitrogens with two attached hydrogens (primary N) is 2. The van der Waals surface area contributed by atoms with Gasteiger partial charge in [0.1, 0.15) is 0 Å². The van der Waals surface area contributed by atoms with Crippen molar-refractivity contribution in [3.05, 3.63) is 12.2 Å². The van der Waals surface area contributed by atoms with Crippen molar-refractivity contribution in [1.29, 1.82) is 0 Å². The molecule has 78 valence electrons. The molecular weight excluding hydrogens is 182 g/mol. The maximum atomic E-state index is 11.4. The van der Waals surface area contributed by atoms with E-state index in [9.17, 15) is 9.59 Å². The van der Waals surface area contributed by atoms with Crippen LogP contribution in [0.1, 0.15) is 12.8 Å². The molecule has 2 unspecified atom stereocenters. The molecule has 0 aromatic carbocycles. The highest BCUT2D eigenvalue weighted by molar-refractivity contribution is 5.82. The fraction of sp³-hybridized carbons (Fsp3) is 0.556. The maximum absolute atomic E-state index is 11.4. The summed E-state index contributed by atoms with van der Waals surface area (Å²) in [6.45, 7) is 0.299. The number of carbonyl (C=O) groups is 2. The van der Waals surface area contributed by atoms with E-state index in [1.54, 1.807) is 6.08 Å². The zero-order valence-corrected chi connectivity index (χ0v) is 7.90. The van der Waals surface area contributed by atoms with Crippen LogP contribution in [0.25, 0.3) is 0 Å². The minimum absolute atomic E-state index is 0.0260. The third-order valence-electron chi connectivity index (χ3n) is 2.12. The molecule has 0 aliphatic heterocycles. The van der Waals surface area contributed by atoms with Crippen LogP contribution in [-0.2, 0) is 9.59 Å². The minimum atomic E-state index is -0.413. The summed E-state index contributed by atoms with van der Waals surface area (Å²) in [5.41, 5.74) is 10.5. The largest absolute Gasteiger partial charge is 0.370 e. The molecule has 2 atom stereocenters. The van der Waals surface area contributed by atoms with Crippen LogP contribution < -0.4 is 16.8 Å². The maximum Gasteiger partial charge on any atom is 0.227 e. The van der Waals surface area contributed by atoms with Crippen LogP contribution in [0, 0.1) is 5.92 Å². The summed E-state index contributed by atoms with van der Waals surface area (Å²) >= 11 is 0. The third-order valence-corrected chi connectivity index (χ3v) is 2.12. The number of hydrogen-bond acceptors (Lipinski definition) is 3. The molecule has 1 rings (SSSR count). The van der Waals surface area contributed by atoms with Gasteiger partial charge < -0.3 is 16.8 Å². The second kappa shape index (κ2) is 4.76. The van der Waals surface area contributed by atoms with Crippen molar-refractivity contribution in [2.75, 3.05) is 6.54 Å². The van der Waals surface area contributed by atoms with Crippen LogP contribution in [0.15, 0.2) is 12.2 Å². The Morgan fingerprint density at radius 3 is 2.64 bits per heavy atom. The van der Waals surface area contributed by atoms with Gasteiger partial charge in [0.05, 0.1) is 5.92 Å². The third kappa shape index (κ3) is 3.18. The number of primary amides is 1. The van der Waals surface area contributed by atoms with Crippen molar-refractivity contribution in [3.63, 3.8) is 0 Å². The van der Waals surface area contributed by atoms with Gasteiger partial charge in [0.15, 0.2) is 0 Å². The predicted molar refractivity (Wildman–Crippen MR) is 52.0 cm³/mol. The van der Waals surface area contributed by atoms with E-state index in [1.165, 1.54) is 0 Å². The molecule has 5 heteroatoms. The number of carbonyl (C=O) groups excluding carboxylic acids is 2. The summed E-state index contributed by atoms with van der Waals surface area (Å²) < 4.78 is 0. The molecule has 0 aromatic rings. The van der Waals surface area contributed by atoms with Gasteiger partial charge in [-0.2, -0.15) is 0 Å². The van der Waals surface area contributed by atoms with Crippen LogP contribution in [0.2, 0.25) is 0 Å². The Hall–Kier alpha value is -1.36. The first kappa shape index (κ1) is 10.7. The van der Waals surface area contributed by atoms with Crippen molar-refractivity contribution in [1.82, 2.24) is 5.32 Å². The summed E-state index contributed by atoms with van der Waals surface area (Å²) in [4.78, 5) is 21.8. The summed E-state index contributed by atoms with van der Waals surface area (Å²) in [5.74, 6) is -0.655. The minimum Gasteiger partial charge on any atom is -0.370 e. The monoisotopic (exact) mass is 197 g/mol. The normalized spacial score (nSPS) is 24.9. The van der Waals surface area contributed by atoms with Gasteiger partial charge in [0.25, 0.3) is 0 Å². The Kier molecular flexibility index (Phi) is 3.64. The Bertz CT molecular complexity index is 263. The van der Waals surface area contributed by atoms with Crippen molar-refractivity contribution < 1.29 is 9.59 Å². The van der Waals surface area contributed by atoms with E-state index in [1.807, 2.05) is 6.08 Å². The van der Waals surface area contributed by atoms with Crippen LogP contribution >= 0.6 is 0 Å². The summed E-state index contributed by atoms with van der Waals surface area (Å²) in [6.07, 6.45) is 4.43. The molecule has 1 aliphatic carbocycles. The van der Waals surface area contributed by atoms with E-state index in [0.717, 1.165) is 0 Å². The highest BCUT2D eigenvalue weighted by Gasteiger charge is 2.21. The Morgan fingerprint density at radius 2 is 2.14 bits per heavy atom. The Labute approximate surface area is 82.5 Å². The Morgan fingerprint density at radius 1 is 1.43 bits per heavy atom. The highest BCUT2D eigenvalue weighted by Crippen LogP contribution is 2.15. The van der Waals surface area contributed by atoms with E-state index in [0.29, 0.717) is 13.0 Å². The van der Waals surface area contributed by atoms with Gasteiger partial charge in [0.2, 0.25) is 11.8 Å². The van der Waals surface area contributed by atoms with Crippen molar-refractivity contribution in [2.45, 2.75) is 18.9 Å². The fourth-order valence-electron chi connectivity index (χ4n) is 1.36. The van der Waals surface area contributed by atoms with Crippen molar-refractivity contribution >= 4 is 11.8 Å². The van der Waals surface area contributed by atoms with Gasteiger partial charge in [-0.3, -0.25) is 9.59 Å². The zero-order chi connectivity index (χ0) is 10.6. The van der Waals surface area contributed by atoms with E-state index in [-0.39, 0.29) is 24.3 Å². The molecule has 2 amide bonds. The number of rotatable bonds is 4. The smallest absolute Gasteiger partial charge is 0.227 e. The van der Waals surface area contributed by atoms with Gasteiger partial charge in [0, 0.05) is 19.0 Å². The number of hydrogen-bond donors (Lipinski definition) is 3. The molecule has 5 N–H and O–H groups in total. The van der Waals surface area contributed by atoms with Crippen molar-refractivity contribution in [2.24, 2.45) is 17.4 Å². The Balaban J connectivity index is 2.22. The molecule has 0 spiro atoms. The number of nitrogens with one attached hydrogen (secondary N) is 1. The van der Waals surface area contributed by atoms with Crippen LogP contribution in [0.5, 0.6) is 0 Å². The van der Waals surface area contributed by atoms with Gasteiger partial charge >= 0.3 is 0 Å². The number of amides is 2. The summed E-state index contributed by atoms with van der Waals surface area (Å²) in [7, 11) is 0. The quantitative estimate of drug-likeness (QED) is 0.498. The lowest BCUT2D eigenvalue weighted by Gasteiger charge is -2.09. The molecule has 0 saturated heterocycles. The van der Waals surface area contributed by atoms with Gasteiger partial charge in [-0.25, -0.2) is 0 Å². The summed E-state index contributed by atoms with van der Waals surface area (Å²) in [6, 6.07) is -0.0260. The van der Waals surface area contributed by atoms with Crippen LogP contribution in [-0.4, -0.2) is 24.4 Å².